The van der Waals surface area contributed by atoms with E-state index in [1.165, 1.54) is 12.1 Å². The highest BCUT2D eigenvalue weighted by atomic mass is 19.1. The van der Waals surface area contributed by atoms with Crippen LogP contribution in [0, 0.1) is 5.82 Å². The van der Waals surface area contributed by atoms with E-state index in [0.717, 1.165) is 22.4 Å². The van der Waals surface area contributed by atoms with Crippen molar-refractivity contribution < 1.29 is 39.8 Å². The van der Waals surface area contributed by atoms with Crippen molar-refractivity contribution in [1.82, 2.24) is 0 Å². The van der Waals surface area contributed by atoms with Gasteiger partial charge >= 0.3 is 0 Å². The van der Waals surface area contributed by atoms with Crippen molar-refractivity contribution in [2.24, 2.45) is 0 Å². The molecule has 4 rings (SSSR count). The van der Waals surface area contributed by atoms with Gasteiger partial charge in [0.05, 0.1) is 38.4 Å². The SMILES string of the molecule is CCC(O)c1ccc(F)cc1.O=C1CC(c2ccc(CCC(O)(CO)CO)cc2)N1c1ccc(C(O)CO)cc1. The molecule has 1 heterocycles. The molecule has 1 aliphatic heterocycles. The molecule has 8 nitrogen and oxygen atoms in total. The topological polar surface area (TPSA) is 142 Å². The molecule has 1 amide bonds. The lowest BCUT2D eigenvalue weighted by Crippen LogP contribution is -2.46. The lowest BCUT2D eigenvalue weighted by molar-refractivity contribution is -0.124. The number of carbonyl (C=O) groups excluding carboxylic acids is 1. The van der Waals surface area contributed by atoms with Gasteiger partial charge < -0.3 is 35.5 Å². The zero-order valence-electron chi connectivity index (χ0n) is 22.5. The number of halogens is 1. The number of aliphatic hydroxyl groups excluding tert-OH is 5. The fraction of sp³-hybridized carbons (Fsp3) is 0.387. The minimum absolute atomic E-state index is 0.0190. The highest BCUT2D eigenvalue weighted by Crippen LogP contribution is 2.39. The number of rotatable bonds is 11. The van der Waals surface area contributed by atoms with Crippen LogP contribution in [0.3, 0.4) is 0 Å². The van der Waals surface area contributed by atoms with E-state index in [0.29, 0.717) is 24.8 Å². The molecular formula is C31H38FNO7. The van der Waals surface area contributed by atoms with E-state index >= 15 is 0 Å². The highest BCUT2D eigenvalue weighted by Gasteiger charge is 2.38. The molecule has 0 aliphatic carbocycles. The summed E-state index contributed by atoms with van der Waals surface area (Å²) in [6, 6.07) is 20.5. The number of aryl methyl sites for hydroxylation is 1. The molecule has 3 unspecified atom stereocenters. The van der Waals surface area contributed by atoms with Gasteiger partial charge in [-0.2, -0.15) is 0 Å². The smallest absolute Gasteiger partial charge is 0.230 e. The molecule has 0 radical (unpaired) electrons. The fourth-order valence-electron chi connectivity index (χ4n) is 4.38. The Morgan fingerprint density at radius 1 is 0.875 bits per heavy atom. The number of amides is 1. The molecule has 0 bridgehead atoms. The zero-order chi connectivity index (χ0) is 29.3. The minimum atomic E-state index is -1.48. The Kier molecular flexibility index (Phi) is 11.3. The van der Waals surface area contributed by atoms with E-state index in [4.69, 9.17) is 15.3 Å². The molecule has 3 aromatic carbocycles. The number of anilines is 1. The molecule has 1 aliphatic rings. The van der Waals surface area contributed by atoms with Crippen molar-refractivity contribution >= 4 is 11.6 Å². The largest absolute Gasteiger partial charge is 0.393 e. The van der Waals surface area contributed by atoms with E-state index in [-0.39, 0.29) is 30.8 Å². The van der Waals surface area contributed by atoms with Crippen LogP contribution in [0.25, 0.3) is 0 Å². The van der Waals surface area contributed by atoms with Gasteiger partial charge in [-0.15, -0.1) is 0 Å². The molecule has 3 aromatic rings. The second-order valence-electron chi connectivity index (χ2n) is 10.0. The molecule has 40 heavy (non-hydrogen) atoms. The van der Waals surface area contributed by atoms with Crippen LogP contribution >= 0.6 is 0 Å². The summed E-state index contributed by atoms with van der Waals surface area (Å²) >= 11 is 0. The Balaban J connectivity index is 0.000000336. The van der Waals surface area contributed by atoms with Gasteiger partial charge in [-0.1, -0.05) is 55.5 Å². The van der Waals surface area contributed by atoms with Crippen molar-refractivity contribution in [2.75, 3.05) is 24.7 Å². The van der Waals surface area contributed by atoms with E-state index < -0.39 is 31.0 Å². The summed E-state index contributed by atoms with van der Waals surface area (Å²) in [6.45, 7) is 0.544. The number of carbonyl (C=O) groups is 1. The molecular weight excluding hydrogens is 517 g/mol. The molecule has 9 heteroatoms. The number of β-lactam (4-membered cyclic amide) rings is 1. The first-order valence-corrected chi connectivity index (χ1v) is 13.3. The quantitative estimate of drug-likeness (QED) is 0.200. The first kappa shape index (κ1) is 31.3. The Hall–Kier alpha value is -3.18. The van der Waals surface area contributed by atoms with Gasteiger partial charge in [-0.05, 0) is 65.8 Å². The molecule has 216 valence electrons. The van der Waals surface area contributed by atoms with Crippen molar-refractivity contribution in [3.05, 3.63) is 101 Å². The average Bonchev–Trinajstić information content (AvgIpc) is 2.99. The fourth-order valence-corrected chi connectivity index (χ4v) is 4.38. The summed E-state index contributed by atoms with van der Waals surface area (Å²) in [6.07, 6.45) is 0.435. The van der Waals surface area contributed by atoms with Crippen LogP contribution in [0.4, 0.5) is 10.1 Å². The van der Waals surface area contributed by atoms with Crippen molar-refractivity contribution in [3.63, 3.8) is 0 Å². The Morgan fingerprint density at radius 3 is 1.93 bits per heavy atom. The summed E-state index contributed by atoms with van der Waals surface area (Å²) in [7, 11) is 0. The highest BCUT2D eigenvalue weighted by molar-refractivity contribution is 6.01. The average molecular weight is 556 g/mol. The van der Waals surface area contributed by atoms with Gasteiger partial charge in [0, 0.05) is 5.69 Å². The van der Waals surface area contributed by atoms with Crippen molar-refractivity contribution in [1.29, 1.82) is 0 Å². The number of hydrogen-bond acceptors (Lipinski definition) is 7. The van der Waals surface area contributed by atoms with Crippen LogP contribution in [0.1, 0.15) is 66.7 Å². The third kappa shape index (κ3) is 7.94. The van der Waals surface area contributed by atoms with Crippen molar-refractivity contribution in [3.8, 4) is 0 Å². The Morgan fingerprint density at radius 2 is 1.43 bits per heavy atom. The van der Waals surface area contributed by atoms with Crippen LogP contribution in [0.5, 0.6) is 0 Å². The number of nitrogens with zero attached hydrogens (tertiary/aromatic N) is 1. The Bertz CT molecular complexity index is 1200. The Labute approximate surface area is 233 Å². The minimum Gasteiger partial charge on any atom is -0.393 e. The maximum atomic E-state index is 12.4. The van der Waals surface area contributed by atoms with Crippen LogP contribution in [-0.2, 0) is 11.2 Å². The first-order valence-electron chi connectivity index (χ1n) is 13.3. The number of hydrogen-bond donors (Lipinski definition) is 6. The molecule has 0 spiro atoms. The van der Waals surface area contributed by atoms with Crippen molar-refractivity contribution in [2.45, 2.75) is 56.5 Å². The van der Waals surface area contributed by atoms with Gasteiger partial charge in [0.25, 0.3) is 0 Å². The van der Waals surface area contributed by atoms with E-state index in [9.17, 15) is 24.5 Å². The zero-order valence-corrected chi connectivity index (χ0v) is 22.5. The van der Waals surface area contributed by atoms with E-state index in [2.05, 4.69) is 0 Å². The summed E-state index contributed by atoms with van der Waals surface area (Å²) in [5, 5.41) is 56.3. The first-order chi connectivity index (χ1) is 19.1. The number of benzene rings is 3. The lowest BCUT2D eigenvalue weighted by atomic mass is 9.91. The second-order valence-corrected chi connectivity index (χ2v) is 10.0. The predicted molar refractivity (Wildman–Crippen MR) is 149 cm³/mol. The third-order valence-corrected chi connectivity index (χ3v) is 7.15. The molecule has 1 saturated heterocycles. The van der Waals surface area contributed by atoms with Gasteiger partial charge in [0.1, 0.15) is 17.5 Å². The number of aliphatic hydroxyl groups is 6. The molecule has 0 aromatic heterocycles. The predicted octanol–water partition coefficient (Wildman–Crippen LogP) is 3.11. The summed E-state index contributed by atoms with van der Waals surface area (Å²) in [4.78, 5) is 13.9. The maximum absolute atomic E-state index is 12.4. The van der Waals surface area contributed by atoms with Gasteiger partial charge in [0.2, 0.25) is 5.91 Å². The maximum Gasteiger partial charge on any atom is 0.230 e. The van der Waals surface area contributed by atoms with E-state index in [1.54, 1.807) is 41.3 Å². The standard InChI is InChI=1S/C22H27NO6.C9H11FO/c24-12-20(27)17-5-7-18(8-6-17)23-19(11-21(23)28)16-3-1-15(2-4-16)9-10-22(29,13-25)14-26;1-2-9(11)7-3-5-8(10)6-4-7/h1-8,19-20,24-27,29H,9-14H2;3-6,9,11H,2H2,1H3. The van der Waals surface area contributed by atoms with Crippen LogP contribution in [0.15, 0.2) is 72.8 Å². The van der Waals surface area contributed by atoms with Crippen LogP contribution in [-0.4, -0.2) is 62.0 Å². The van der Waals surface area contributed by atoms with Crippen LogP contribution < -0.4 is 4.90 Å². The molecule has 3 atom stereocenters. The summed E-state index contributed by atoms with van der Waals surface area (Å²) < 4.78 is 12.4. The molecule has 6 N–H and O–H groups in total. The van der Waals surface area contributed by atoms with Gasteiger partial charge in [-0.3, -0.25) is 4.79 Å². The summed E-state index contributed by atoms with van der Waals surface area (Å²) in [5.74, 6) is -0.248. The lowest BCUT2D eigenvalue weighted by Gasteiger charge is -2.41. The van der Waals surface area contributed by atoms with Crippen LogP contribution in [0.2, 0.25) is 0 Å². The molecule has 1 fully saturated rings. The van der Waals surface area contributed by atoms with Gasteiger partial charge in [0.15, 0.2) is 0 Å². The van der Waals surface area contributed by atoms with Gasteiger partial charge in [-0.25, -0.2) is 4.39 Å². The summed E-state index contributed by atoms with van der Waals surface area (Å²) in [5.41, 5.74) is 2.58. The van der Waals surface area contributed by atoms with E-state index in [1.807, 2.05) is 31.2 Å². The normalized spacial score (nSPS) is 16.6. The third-order valence-electron chi connectivity index (χ3n) is 7.15. The monoisotopic (exact) mass is 555 g/mol. The molecule has 0 saturated carbocycles. The second kappa shape index (κ2) is 14.5.